The van der Waals surface area contributed by atoms with Gasteiger partial charge in [0.15, 0.2) is 0 Å². The SMILES string of the molecule is NC(=O)C1CC(=O)N(c2cnccc2N)C1. The van der Waals surface area contributed by atoms with Crippen LogP contribution in [0.3, 0.4) is 0 Å². The summed E-state index contributed by atoms with van der Waals surface area (Å²) in [6.45, 7) is 0.282. The van der Waals surface area contributed by atoms with Crippen LogP contribution in [-0.2, 0) is 9.59 Å². The van der Waals surface area contributed by atoms with E-state index in [1.54, 1.807) is 12.3 Å². The van der Waals surface area contributed by atoms with Crippen LogP contribution in [-0.4, -0.2) is 23.3 Å². The number of amides is 2. The summed E-state index contributed by atoms with van der Waals surface area (Å²) in [5, 5.41) is 0. The third-order valence-electron chi connectivity index (χ3n) is 2.65. The number of carbonyl (C=O) groups is 2. The summed E-state index contributed by atoms with van der Waals surface area (Å²) in [7, 11) is 0. The molecule has 0 bridgehead atoms. The van der Waals surface area contributed by atoms with E-state index >= 15 is 0 Å². The number of hydrogen-bond acceptors (Lipinski definition) is 4. The first kappa shape index (κ1) is 10.4. The number of nitrogens with two attached hydrogens (primary N) is 2. The molecule has 6 nitrogen and oxygen atoms in total. The maximum atomic E-state index is 11.7. The monoisotopic (exact) mass is 220 g/mol. The van der Waals surface area contributed by atoms with Gasteiger partial charge in [0.2, 0.25) is 11.8 Å². The first-order chi connectivity index (χ1) is 7.59. The van der Waals surface area contributed by atoms with Crippen LogP contribution in [0, 0.1) is 5.92 Å². The summed E-state index contributed by atoms with van der Waals surface area (Å²) in [4.78, 5) is 28.0. The first-order valence-corrected chi connectivity index (χ1v) is 4.88. The van der Waals surface area contributed by atoms with Crippen molar-refractivity contribution in [2.45, 2.75) is 6.42 Å². The summed E-state index contributed by atoms with van der Waals surface area (Å²) in [5.74, 6) is -1.05. The Bertz CT molecular complexity index is 446. The maximum Gasteiger partial charge on any atom is 0.227 e. The number of carbonyl (C=O) groups excluding carboxylic acids is 2. The number of aromatic nitrogens is 1. The van der Waals surface area contributed by atoms with Crippen molar-refractivity contribution in [3.63, 3.8) is 0 Å². The Morgan fingerprint density at radius 1 is 1.56 bits per heavy atom. The molecular weight excluding hydrogens is 208 g/mol. The maximum absolute atomic E-state index is 11.7. The van der Waals surface area contributed by atoms with Crippen molar-refractivity contribution in [2.75, 3.05) is 17.2 Å². The number of nitrogens with zero attached hydrogens (tertiary/aromatic N) is 2. The molecule has 16 heavy (non-hydrogen) atoms. The van der Waals surface area contributed by atoms with Crippen molar-refractivity contribution in [1.82, 2.24) is 4.98 Å². The van der Waals surface area contributed by atoms with Crippen LogP contribution < -0.4 is 16.4 Å². The van der Waals surface area contributed by atoms with Gasteiger partial charge < -0.3 is 16.4 Å². The molecule has 1 atom stereocenters. The molecule has 1 aliphatic heterocycles. The fourth-order valence-corrected chi connectivity index (χ4v) is 1.75. The molecule has 1 fully saturated rings. The lowest BCUT2D eigenvalue weighted by molar-refractivity contribution is -0.123. The Labute approximate surface area is 92.2 Å². The van der Waals surface area contributed by atoms with Crippen molar-refractivity contribution in [1.29, 1.82) is 0 Å². The van der Waals surface area contributed by atoms with Crippen molar-refractivity contribution in [2.24, 2.45) is 11.7 Å². The fourth-order valence-electron chi connectivity index (χ4n) is 1.75. The number of rotatable bonds is 2. The molecular formula is C10H12N4O2. The third kappa shape index (κ3) is 1.69. The van der Waals surface area contributed by atoms with E-state index in [2.05, 4.69) is 4.98 Å². The normalized spacial score (nSPS) is 20.1. The average molecular weight is 220 g/mol. The zero-order chi connectivity index (χ0) is 11.7. The van der Waals surface area contributed by atoms with Crippen molar-refractivity contribution >= 4 is 23.2 Å². The van der Waals surface area contributed by atoms with Gasteiger partial charge >= 0.3 is 0 Å². The van der Waals surface area contributed by atoms with E-state index in [4.69, 9.17) is 11.5 Å². The molecule has 1 aromatic rings. The zero-order valence-corrected chi connectivity index (χ0v) is 8.59. The van der Waals surface area contributed by atoms with Gasteiger partial charge in [0.25, 0.3) is 0 Å². The standard InChI is InChI=1S/C10H12N4O2/c11-7-1-2-13-4-8(7)14-5-6(10(12)16)3-9(14)15/h1-2,4,6H,3,5H2,(H2,11,13)(H2,12,16). The fraction of sp³-hybridized carbons (Fsp3) is 0.300. The van der Waals surface area contributed by atoms with E-state index in [9.17, 15) is 9.59 Å². The van der Waals surface area contributed by atoms with Crippen LogP contribution >= 0.6 is 0 Å². The topological polar surface area (TPSA) is 102 Å². The molecule has 0 spiro atoms. The molecule has 2 heterocycles. The first-order valence-electron chi connectivity index (χ1n) is 4.88. The van der Waals surface area contributed by atoms with Gasteiger partial charge in [-0.25, -0.2) is 0 Å². The quantitative estimate of drug-likeness (QED) is 0.701. The van der Waals surface area contributed by atoms with E-state index in [0.29, 0.717) is 11.4 Å². The highest BCUT2D eigenvalue weighted by Gasteiger charge is 2.34. The predicted molar refractivity (Wildman–Crippen MR) is 58.3 cm³/mol. The minimum absolute atomic E-state index is 0.143. The Balaban J connectivity index is 2.27. The molecule has 2 amide bonds. The molecule has 1 saturated heterocycles. The number of pyridine rings is 1. The second kappa shape index (κ2) is 3.80. The highest BCUT2D eigenvalue weighted by Crippen LogP contribution is 2.28. The number of anilines is 2. The molecule has 4 N–H and O–H groups in total. The van der Waals surface area contributed by atoms with E-state index in [-0.39, 0.29) is 18.9 Å². The molecule has 2 rings (SSSR count). The zero-order valence-electron chi connectivity index (χ0n) is 8.59. The van der Waals surface area contributed by atoms with Gasteiger partial charge in [-0.15, -0.1) is 0 Å². The molecule has 6 heteroatoms. The van der Waals surface area contributed by atoms with Crippen molar-refractivity contribution in [3.05, 3.63) is 18.5 Å². The minimum Gasteiger partial charge on any atom is -0.397 e. The highest BCUT2D eigenvalue weighted by molar-refractivity contribution is 6.01. The Hall–Kier alpha value is -2.11. The highest BCUT2D eigenvalue weighted by atomic mass is 16.2. The molecule has 1 aromatic heterocycles. The van der Waals surface area contributed by atoms with E-state index in [1.165, 1.54) is 11.1 Å². The van der Waals surface area contributed by atoms with Crippen LogP contribution in [0.1, 0.15) is 6.42 Å². The lowest BCUT2D eigenvalue weighted by atomic mass is 10.1. The van der Waals surface area contributed by atoms with E-state index in [0.717, 1.165) is 0 Å². The summed E-state index contributed by atoms with van der Waals surface area (Å²) in [6, 6.07) is 1.61. The van der Waals surface area contributed by atoms with Crippen LogP contribution in [0.25, 0.3) is 0 Å². The molecule has 1 aliphatic rings. The Morgan fingerprint density at radius 2 is 2.31 bits per heavy atom. The molecule has 0 aromatic carbocycles. The molecule has 1 unspecified atom stereocenters. The average Bonchev–Trinajstić information content (AvgIpc) is 2.61. The van der Waals surface area contributed by atoms with E-state index < -0.39 is 11.8 Å². The van der Waals surface area contributed by atoms with Gasteiger partial charge in [-0.1, -0.05) is 0 Å². The van der Waals surface area contributed by atoms with Gasteiger partial charge in [-0.05, 0) is 6.07 Å². The third-order valence-corrected chi connectivity index (χ3v) is 2.65. The van der Waals surface area contributed by atoms with Crippen LogP contribution in [0.2, 0.25) is 0 Å². The van der Waals surface area contributed by atoms with Crippen molar-refractivity contribution < 1.29 is 9.59 Å². The lowest BCUT2D eigenvalue weighted by Crippen LogP contribution is -2.29. The molecule has 0 aliphatic carbocycles. The summed E-state index contributed by atoms with van der Waals surface area (Å²) >= 11 is 0. The number of nitrogen functional groups attached to an aromatic ring is 1. The summed E-state index contributed by atoms with van der Waals surface area (Å²) in [6.07, 6.45) is 3.20. The van der Waals surface area contributed by atoms with Gasteiger partial charge in [0.05, 0.1) is 23.5 Å². The summed E-state index contributed by atoms with van der Waals surface area (Å²) in [5.41, 5.74) is 11.9. The molecule has 84 valence electrons. The molecule has 0 radical (unpaired) electrons. The van der Waals surface area contributed by atoms with Crippen molar-refractivity contribution in [3.8, 4) is 0 Å². The van der Waals surface area contributed by atoms with E-state index in [1.807, 2.05) is 0 Å². The van der Waals surface area contributed by atoms with Crippen LogP contribution in [0.15, 0.2) is 18.5 Å². The smallest absolute Gasteiger partial charge is 0.227 e. The summed E-state index contributed by atoms with van der Waals surface area (Å²) < 4.78 is 0. The largest absolute Gasteiger partial charge is 0.397 e. The predicted octanol–water partition coefficient (Wildman–Crippen LogP) is -0.498. The molecule has 0 saturated carbocycles. The van der Waals surface area contributed by atoms with Gasteiger partial charge in [-0.3, -0.25) is 14.6 Å². The number of primary amides is 1. The Morgan fingerprint density at radius 3 is 2.88 bits per heavy atom. The number of hydrogen-bond donors (Lipinski definition) is 2. The van der Waals surface area contributed by atoms with Crippen LogP contribution in [0.4, 0.5) is 11.4 Å². The van der Waals surface area contributed by atoms with Crippen LogP contribution in [0.5, 0.6) is 0 Å². The second-order valence-corrected chi connectivity index (χ2v) is 3.74. The van der Waals surface area contributed by atoms with Gasteiger partial charge in [0.1, 0.15) is 0 Å². The lowest BCUT2D eigenvalue weighted by Gasteiger charge is -2.17. The minimum atomic E-state index is -0.460. The van der Waals surface area contributed by atoms with Gasteiger partial charge in [-0.2, -0.15) is 0 Å². The van der Waals surface area contributed by atoms with Gasteiger partial charge in [0, 0.05) is 19.2 Å². The second-order valence-electron chi connectivity index (χ2n) is 3.74. The Kier molecular flexibility index (Phi) is 2.47.